The Morgan fingerprint density at radius 1 is 1.07 bits per heavy atom. The molecule has 19 heteroatoms. The zero-order valence-electron chi connectivity index (χ0n) is 41.1. The topological polar surface area (TPSA) is 201 Å². The summed E-state index contributed by atoms with van der Waals surface area (Å²) < 4.78 is 71.3. The van der Waals surface area contributed by atoms with Gasteiger partial charge in [-0.15, -0.1) is 5.10 Å². The smallest absolute Gasteiger partial charge is 0.410 e. The highest BCUT2D eigenvalue weighted by molar-refractivity contribution is 7.90. The first kappa shape index (κ1) is 52.5. The molecule has 14 atom stereocenters. The summed E-state index contributed by atoms with van der Waals surface area (Å²) >= 11 is 0. The summed E-state index contributed by atoms with van der Waals surface area (Å²) in [7, 11) is 0.100. The number of hydrogen-bond acceptors (Lipinski definition) is 15. The molecular formula is C48H73FN6O11S. The van der Waals surface area contributed by atoms with Gasteiger partial charge in [-0.25, -0.2) is 22.3 Å². The van der Waals surface area contributed by atoms with E-state index in [9.17, 15) is 32.3 Å². The molecule has 5 heterocycles. The van der Waals surface area contributed by atoms with Crippen LogP contribution >= 0.6 is 0 Å². The quantitative estimate of drug-likeness (QED) is 0.202. The number of sulfone groups is 1. The lowest BCUT2D eigenvalue weighted by Crippen LogP contribution is -2.61. The van der Waals surface area contributed by atoms with Crippen molar-refractivity contribution in [2.75, 3.05) is 46.7 Å². The number of alkyl halides is 1. The molecule has 1 aromatic heterocycles. The number of rotatable bonds is 13. The molecule has 0 unspecified atom stereocenters. The first-order valence-electron chi connectivity index (χ1n) is 23.8. The van der Waals surface area contributed by atoms with E-state index in [1.54, 1.807) is 44.2 Å². The van der Waals surface area contributed by atoms with E-state index in [0.717, 1.165) is 17.5 Å². The Morgan fingerprint density at radius 3 is 2.42 bits per heavy atom. The highest BCUT2D eigenvalue weighted by atomic mass is 32.2. The number of fused-ring (bicyclic) bond motifs is 2. The Bertz CT molecular complexity index is 2190. The molecule has 1 amide bonds. The molecule has 2 aromatic rings. The number of likely N-dealkylation sites (N-methyl/N-ethyl adjacent to an activating group) is 1. The molecule has 4 aliphatic heterocycles. The Balaban J connectivity index is 1.20. The predicted octanol–water partition coefficient (Wildman–Crippen LogP) is 5.22. The van der Waals surface area contributed by atoms with E-state index in [0.29, 0.717) is 63.9 Å². The highest BCUT2D eigenvalue weighted by Crippen LogP contribution is 2.41. The van der Waals surface area contributed by atoms with Gasteiger partial charge in [0, 0.05) is 75.1 Å². The van der Waals surface area contributed by atoms with Gasteiger partial charge in [0.15, 0.2) is 21.9 Å². The maximum Gasteiger partial charge on any atom is 0.410 e. The zero-order valence-corrected chi connectivity index (χ0v) is 41.9. The van der Waals surface area contributed by atoms with Crippen molar-refractivity contribution in [2.24, 2.45) is 28.7 Å². The number of Topliss-reactive ketones (excluding diaryl/α,β-unsaturated/α-hetero) is 1. The standard InChI is InChI=1S/C48H73FN6O11S/c1-12-39-48(8)25-38-30(4)40(50-20-22-54(38)46(59)66-48)28(2)17-19-47(7,62-10)43(31(5)41(56)32(6)44(58)64-39)65-45-42(57)37(23-29(3)63-45)53(9)21-18-34-27-55(52-51-34)35(26-49)24-33-13-15-36(16-14-33)67(11,60)61/h13-16,27-32,35,37-39,42-43,45,57H,12,17-26H2,1-11H3/t28-,29-,30-,31+,32-,35+,37+,38+,39-,42-,43-,45+,47-,48+/m1/s1. The summed E-state index contributed by atoms with van der Waals surface area (Å²) in [6.45, 7) is 15.5. The molecule has 17 nitrogen and oxygen atoms in total. The van der Waals surface area contributed by atoms with Crippen LogP contribution in [-0.2, 0) is 56.0 Å². The predicted molar refractivity (Wildman–Crippen MR) is 247 cm³/mol. The van der Waals surface area contributed by atoms with Crippen molar-refractivity contribution in [1.82, 2.24) is 24.8 Å². The molecule has 67 heavy (non-hydrogen) atoms. The van der Waals surface area contributed by atoms with Gasteiger partial charge in [-0.3, -0.25) is 14.6 Å². The summed E-state index contributed by atoms with van der Waals surface area (Å²) in [5.41, 5.74) is 0.118. The molecule has 6 rings (SSSR count). The number of ketones is 1. The number of ether oxygens (including phenoxy) is 5. The first-order valence-corrected chi connectivity index (χ1v) is 25.7. The van der Waals surface area contributed by atoms with Crippen molar-refractivity contribution in [1.29, 1.82) is 0 Å². The number of aliphatic imine (C=N–C) groups is 1. The molecule has 3 bridgehead atoms. The lowest BCUT2D eigenvalue weighted by atomic mass is 9.76. The van der Waals surface area contributed by atoms with Crippen LogP contribution in [0.15, 0.2) is 40.4 Å². The SMILES string of the molecule is CC[C@H]1OC(=O)[C@H](C)C(=O)[C@H](C)[C@@H](O[C@@H]2O[C@H](C)C[C@H](N(C)CCc3cn([C@H](CF)Cc4ccc(S(C)(=O)=O)cc4)nn3)[C@H]2O)[C@](C)(OC)CC[C@@H](C)C2=NCCN3C(=O)O[C@@]1(C)C[C@H]3[C@H]2C. The number of methoxy groups -OCH3 is 1. The average molecular weight is 961 g/mol. The second-order valence-corrected chi connectivity index (χ2v) is 22.0. The Kier molecular flexibility index (Phi) is 16.8. The minimum Gasteiger partial charge on any atom is -0.458 e. The van der Waals surface area contributed by atoms with Crippen LogP contribution in [0, 0.1) is 23.7 Å². The van der Waals surface area contributed by atoms with Gasteiger partial charge in [-0.05, 0) is 90.5 Å². The fourth-order valence-corrected chi connectivity index (χ4v) is 11.2. The second-order valence-electron chi connectivity index (χ2n) is 20.0. The zero-order chi connectivity index (χ0) is 49.2. The van der Waals surface area contributed by atoms with Crippen molar-refractivity contribution in [3.05, 3.63) is 41.7 Å². The summed E-state index contributed by atoms with van der Waals surface area (Å²) in [5, 5.41) is 20.6. The van der Waals surface area contributed by atoms with Crippen molar-refractivity contribution < 1.29 is 56.0 Å². The molecule has 0 radical (unpaired) electrons. The first-order chi connectivity index (χ1) is 31.5. The van der Waals surface area contributed by atoms with Crippen molar-refractivity contribution in [3.8, 4) is 0 Å². The molecule has 0 spiro atoms. The number of halogens is 1. The minimum absolute atomic E-state index is 0.0351. The molecule has 3 fully saturated rings. The minimum atomic E-state index is -3.36. The Hall–Kier alpha value is -3.88. The summed E-state index contributed by atoms with van der Waals surface area (Å²) in [6.07, 6.45) is 0.891. The van der Waals surface area contributed by atoms with E-state index in [4.69, 9.17) is 28.7 Å². The lowest BCUT2D eigenvalue weighted by molar-refractivity contribution is -0.295. The highest BCUT2D eigenvalue weighted by Gasteiger charge is 2.53. The molecule has 0 saturated carbocycles. The molecular weight excluding hydrogens is 888 g/mol. The van der Waals surface area contributed by atoms with Gasteiger partial charge in [0.05, 0.1) is 41.0 Å². The molecule has 0 aliphatic carbocycles. The van der Waals surface area contributed by atoms with Crippen LogP contribution in [0.25, 0.3) is 0 Å². The fraction of sp³-hybridized carbons (Fsp3) is 0.750. The second kappa shape index (κ2) is 21.4. The number of esters is 1. The number of benzene rings is 1. The number of cyclic esters (lactones) is 1. The molecule has 3 saturated heterocycles. The number of aliphatic hydroxyl groups excluding tert-OH is 1. The number of amides is 1. The van der Waals surface area contributed by atoms with E-state index in [1.807, 2.05) is 32.7 Å². The summed E-state index contributed by atoms with van der Waals surface area (Å²) in [6, 6.07) is 5.04. The Labute approximate surface area is 395 Å². The van der Waals surface area contributed by atoms with Gasteiger partial charge < -0.3 is 38.6 Å². The summed E-state index contributed by atoms with van der Waals surface area (Å²) in [4.78, 5) is 51.1. The van der Waals surface area contributed by atoms with Crippen LogP contribution in [0.1, 0.15) is 105 Å². The van der Waals surface area contributed by atoms with Crippen LogP contribution in [0.3, 0.4) is 0 Å². The third-order valence-electron chi connectivity index (χ3n) is 15.0. The molecule has 1 aromatic carbocycles. The number of carbonyl (C=O) groups excluding carboxylic acids is 3. The van der Waals surface area contributed by atoms with E-state index < -0.39 is 94.1 Å². The van der Waals surface area contributed by atoms with Crippen LogP contribution in [0.2, 0.25) is 0 Å². The number of aromatic nitrogens is 3. The van der Waals surface area contributed by atoms with Crippen molar-refractivity contribution in [2.45, 2.75) is 165 Å². The number of hydrogen-bond donors (Lipinski definition) is 1. The van der Waals surface area contributed by atoms with E-state index in [1.165, 1.54) is 23.7 Å². The van der Waals surface area contributed by atoms with Crippen LogP contribution in [-0.4, -0.2) is 163 Å². The molecule has 4 aliphatic rings. The number of nitrogens with zero attached hydrogens (tertiary/aromatic N) is 6. The fourth-order valence-electron chi connectivity index (χ4n) is 10.6. The van der Waals surface area contributed by atoms with Gasteiger partial charge >= 0.3 is 12.1 Å². The van der Waals surface area contributed by atoms with Crippen LogP contribution < -0.4 is 0 Å². The summed E-state index contributed by atoms with van der Waals surface area (Å²) in [5.74, 6) is -3.46. The number of carbonyl (C=O) groups is 3. The van der Waals surface area contributed by atoms with Gasteiger partial charge in [-0.1, -0.05) is 45.0 Å². The molecule has 374 valence electrons. The normalized spacial score (nSPS) is 35.2. The van der Waals surface area contributed by atoms with Crippen molar-refractivity contribution >= 4 is 33.4 Å². The number of aliphatic hydroxyl groups is 1. The van der Waals surface area contributed by atoms with Crippen molar-refractivity contribution in [3.63, 3.8) is 0 Å². The Morgan fingerprint density at radius 2 is 1.78 bits per heavy atom. The van der Waals surface area contributed by atoms with E-state index >= 15 is 0 Å². The third kappa shape index (κ3) is 11.6. The largest absolute Gasteiger partial charge is 0.458 e. The van der Waals surface area contributed by atoms with E-state index in [-0.39, 0.29) is 35.3 Å². The third-order valence-corrected chi connectivity index (χ3v) is 16.1. The maximum absolute atomic E-state index is 14.5. The van der Waals surface area contributed by atoms with Gasteiger partial charge in [0.2, 0.25) is 0 Å². The molecule has 1 N–H and O–H groups in total. The lowest BCUT2D eigenvalue weighted by Gasteiger charge is -2.48. The van der Waals surface area contributed by atoms with Crippen LogP contribution in [0.5, 0.6) is 0 Å². The van der Waals surface area contributed by atoms with Gasteiger partial charge in [0.1, 0.15) is 30.4 Å². The maximum atomic E-state index is 14.5. The van der Waals surface area contributed by atoms with Gasteiger partial charge in [0.25, 0.3) is 0 Å². The monoisotopic (exact) mass is 961 g/mol. The van der Waals surface area contributed by atoms with Gasteiger partial charge in [-0.2, -0.15) is 0 Å². The van der Waals surface area contributed by atoms with E-state index in [2.05, 4.69) is 24.2 Å². The van der Waals surface area contributed by atoms with Crippen LogP contribution in [0.4, 0.5) is 9.18 Å². The average Bonchev–Trinajstić information content (AvgIpc) is 3.70.